The Morgan fingerprint density at radius 1 is 1.46 bits per heavy atom. The van der Waals surface area contributed by atoms with Gasteiger partial charge >= 0.3 is 5.97 Å². The van der Waals surface area contributed by atoms with Gasteiger partial charge in [0.2, 0.25) is 0 Å². The predicted molar refractivity (Wildman–Crippen MR) is 52.1 cm³/mol. The van der Waals surface area contributed by atoms with Crippen LogP contribution in [0, 0.1) is 0 Å². The first-order valence-electron chi connectivity index (χ1n) is 3.63. The molecular weight excluding hydrogens is 211 g/mol. The number of esters is 1. The van der Waals surface area contributed by atoms with Crippen LogP contribution in [-0.2, 0) is 9.53 Å². The van der Waals surface area contributed by atoms with Crippen molar-refractivity contribution in [3.8, 4) is 0 Å². The zero-order chi connectivity index (χ0) is 9.84. The van der Waals surface area contributed by atoms with E-state index in [0.29, 0.717) is 10.6 Å². The van der Waals surface area contributed by atoms with E-state index in [9.17, 15) is 4.79 Å². The van der Waals surface area contributed by atoms with Crippen LogP contribution in [0.5, 0.6) is 0 Å². The molecule has 0 bridgehead atoms. The highest BCUT2D eigenvalue weighted by Gasteiger charge is 2.19. The molecule has 1 rings (SSSR count). The van der Waals surface area contributed by atoms with Crippen molar-refractivity contribution in [3.63, 3.8) is 0 Å². The summed E-state index contributed by atoms with van der Waals surface area (Å²) in [6, 6.07) is 6.90. The largest absolute Gasteiger partial charge is 0.468 e. The van der Waals surface area contributed by atoms with Crippen molar-refractivity contribution in [2.24, 2.45) is 0 Å². The molecule has 1 atom stereocenters. The predicted octanol–water partition coefficient (Wildman–Crippen LogP) is 2.79. The number of methoxy groups -OCH3 is 1. The van der Waals surface area contributed by atoms with E-state index in [2.05, 4.69) is 4.74 Å². The molecule has 0 aliphatic rings. The van der Waals surface area contributed by atoms with Crippen LogP contribution in [0.2, 0.25) is 5.02 Å². The molecule has 0 N–H and O–H groups in total. The number of hydrogen-bond donors (Lipinski definition) is 0. The number of halogens is 2. The highest BCUT2D eigenvalue weighted by Crippen LogP contribution is 2.28. The molecule has 1 aromatic rings. The lowest BCUT2D eigenvalue weighted by Gasteiger charge is -2.08. The van der Waals surface area contributed by atoms with Gasteiger partial charge in [-0.25, -0.2) is 0 Å². The summed E-state index contributed by atoms with van der Waals surface area (Å²) in [5.41, 5.74) is 0.567. The Morgan fingerprint density at radius 3 is 2.62 bits per heavy atom. The topological polar surface area (TPSA) is 26.3 Å². The first-order valence-corrected chi connectivity index (χ1v) is 4.44. The van der Waals surface area contributed by atoms with E-state index in [-0.39, 0.29) is 0 Å². The van der Waals surface area contributed by atoms with Gasteiger partial charge < -0.3 is 4.74 Å². The summed E-state index contributed by atoms with van der Waals surface area (Å²) in [4.78, 5) is 11.1. The molecule has 1 aromatic carbocycles. The number of alkyl halides is 1. The van der Waals surface area contributed by atoms with Crippen LogP contribution in [0.1, 0.15) is 10.9 Å². The maximum atomic E-state index is 11.1. The number of benzene rings is 1. The quantitative estimate of drug-likeness (QED) is 0.564. The molecule has 0 saturated heterocycles. The van der Waals surface area contributed by atoms with E-state index in [1.165, 1.54) is 7.11 Å². The molecule has 70 valence electrons. The second-order valence-electron chi connectivity index (χ2n) is 2.41. The van der Waals surface area contributed by atoms with E-state index in [0.717, 1.165) is 0 Å². The fourth-order valence-corrected chi connectivity index (χ4v) is 1.49. The fourth-order valence-electron chi connectivity index (χ4n) is 0.911. The van der Waals surface area contributed by atoms with Crippen molar-refractivity contribution < 1.29 is 9.53 Å². The molecule has 0 aliphatic carbocycles. The molecule has 13 heavy (non-hydrogen) atoms. The molecule has 2 nitrogen and oxygen atoms in total. The Morgan fingerprint density at radius 2 is 2.08 bits per heavy atom. The number of carbonyl (C=O) groups is 1. The van der Waals surface area contributed by atoms with Crippen LogP contribution < -0.4 is 0 Å². The summed E-state index contributed by atoms with van der Waals surface area (Å²) in [7, 11) is 1.29. The third kappa shape index (κ3) is 2.36. The van der Waals surface area contributed by atoms with Gasteiger partial charge in [0, 0.05) is 5.02 Å². The van der Waals surface area contributed by atoms with Crippen LogP contribution in [0.3, 0.4) is 0 Å². The molecule has 0 aliphatic heterocycles. The summed E-state index contributed by atoms with van der Waals surface area (Å²) >= 11 is 11.6. The molecule has 0 aromatic heterocycles. The second-order valence-corrected chi connectivity index (χ2v) is 3.25. The lowest BCUT2D eigenvalue weighted by molar-refractivity contribution is -0.140. The SMILES string of the molecule is COC(=O)[C@@H](Cl)c1ccccc1Cl. The van der Waals surface area contributed by atoms with Crippen LogP contribution in [0.15, 0.2) is 24.3 Å². The maximum absolute atomic E-state index is 11.1. The van der Waals surface area contributed by atoms with Crippen molar-refractivity contribution in [3.05, 3.63) is 34.9 Å². The Labute approximate surface area is 86.4 Å². The van der Waals surface area contributed by atoms with Gasteiger partial charge in [-0.15, -0.1) is 11.6 Å². The molecule has 0 fully saturated rings. The third-order valence-corrected chi connectivity index (χ3v) is 2.34. The maximum Gasteiger partial charge on any atom is 0.328 e. The van der Waals surface area contributed by atoms with Gasteiger partial charge in [0.25, 0.3) is 0 Å². The molecule has 0 saturated carbocycles. The van der Waals surface area contributed by atoms with Crippen molar-refractivity contribution in [1.82, 2.24) is 0 Å². The molecule has 0 radical (unpaired) electrons. The summed E-state index contributed by atoms with van der Waals surface area (Å²) in [5.74, 6) is -0.505. The third-order valence-electron chi connectivity index (χ3n) is 1.59. The molecule has 0 heterocycles. The smallest absolute Gasteiger partial charge is 0.328 e. The zero-order valence-electron chi connectivity index (χ0n) is 6.96. The number of ether oxygens (including phenoxy) is 1. The normalized spacial score (nSPS) is 12.2. The summed E-state index contributed by atoms with van der Waals surface area (Å²) in [6.45, 7) is 0. The van der Waals surface area contributed by atoms with Gasteiger partial charge in [-0.2, -0.15) is 0 Å². The summed E-state index contributed by atoms with van der Waals surface area (Å²) in [6.07, 6.45) is 0. The standard InChI is InChI=1S/C9H8Cl2O2/c1-13-9(12)8(11)6-4-2-3-5-7(6)10/h2-5,8H,1H3/t8-/m0/s1. The van der Waals surface area contributed by atoms with Crippen LogP contribution in [0.4, 0.5) is 0 Å². The van der Waals surface area contributed by atoms with Crippen molar-refractivity contribution in [1.29, 1.82) is 0 Å². The molecule has 0 unspecified atom stereocenters. The van der Waals surface area contributed by atoms with E-state index in [1.807, 2.05) is 0 Å². The average Bonchev–Trinajstić information content (AvgIpc) is 2.16. The minimum Gasteiger partial charge on any atom is -0.468 e. The first-order chi connectivity index (χ1) is 6.16. The van der Waals surface area contributed by atoms with Gasteiger partial charge in [0.1, 0.15) is 0 Å². The van der Waals surface area contributed by atoms with Gasteiger partial charge in [0.15, 0.2) is 5.38 Å². The number of hydrogen-bond acceptors (Lipinski definition) is 2. The van der Waals surface area contributed by atoms with E-state index < -0.39 is 11.3 Å². The molecule has 0 amide bonds. The van der Waals surface area contributed by atoms with Crippen LogP contribution in [-0.4, -0.2) is 13.1 Å². The highest BCUT2D eigenvalue weighted by molar-refractivity contribution is 6.35. The van der Waals surface area contributed by atoms with Gasteiger partial charge in [-0.1, -0.05) is 29.8 Å². The lowest BCUT2D eigenvalue weighted by Crippen LogP contribution is -2.08. The van der Waals surface area contributed by atoms with Crippen molar-refractivity contribution in [2.75, 3.05) is 7.11 Å². The molecule has 0 spiro atoms. The Balaban J connectivity index is 2.95. The van der Waals surface area contributed by atoms with Gasteiger partial charge in [0.05, 0.1) is 7.11 Å². The lowest BCUT2D eigenvalue weighted by atomic mass is 10.1. The van der Waals surface area contributed by atoms with Crippen LogP contribution >= 0.6 is 23.2 Å². The van der Waals surface area contributed by atoms with Gasteiger partial charge in [-0.3, -0.25) is 4.79 Å². The Kier molecular flexibility index (Phi) is 3.58. The number of rotatable bonds is 2. The zero-order valence-corrected chi connectivity index (χ0v) is 8.47. The second kappa shape index (κ2) is 4.49. The Hall–Kier alpha value is -0.730. The monoisotopic (exact) mass is 218 g/mol. The highest BCUT2D eigenvalue weighted by atomic mass is 35.5. The summed E-state index contributed by atoms with van der Waals surface area (Å²) < 4.78 is 4.49. The van der Waals surface area contributed by atoms with Crippen LogP contribution in [0.25, 0.3) is 0 Å². The van der Waals surface area contributed by atoms with E-state index in [4.69, 9.17) is 23.2 Å². The minimum absolute atomic E-state index is 0.466. The average molecular weight is 219 g/mol. The van der Waals surface area contributed by atoms with E-state index in [1.54, 1.807) is 24.3 Å². The van der Waals surface area contributed by atoms with Crippen molar-refractivity contribution >= 4 is 29.2 Å². The fraction of sp³-hybridized carbons (Fsp3) is 0.222. The number of carbonyl (C=O) groups excluding carboxylic acids is 1. The molecular formula is C9H8Cl2O2. The summed E-state index contributed by atoms with van der Waals surface area (Å²) in [5, 5.41) is -0.369. The minimum atomic E-state index is -0.835. The van der Waals surface area contributed by atoms with Crippen molar-refractivity contribution in [2.45, 2.75) is 5.38 Å². The Bertz CT molecular complexity index is 312. The first kappa shape index (κ1) is 10.4. The van der Waals surface area contributed by atoms with Gasteiger partial charge in [-0.05, 0) is 11.6 Å². The molecule has 4 heteroatoms. The van der Waals surface area contributed by atoms with E-state index >= 15 is 0 Å².